The Morgan fingerprint density at radius 3 is 2.86 bits per heavy atom. The molecule has 0 saturated heterocycles. The number of rotatable bonds is 5. The zero-order valence-electron chi connectivity index (χ0n) is 12.7. The van der Waals surface area contributed by atoms with Crippen LogP contribution in [0.5, 0.6) is 0 Å². The summed E-state index contributed by atoms with van der Waals surface area (Å²) < 4.78 is 0. The molecule has 2 amide bonds. The molecule has 0 saturated carbocycles. The Bertz CT molecular complexity index is 516. The van der Waals surface area contributed by atoms with Gasteiger partial charge in [-0.05, 0) is 30.9 Å². The molecule has 5 heteroatoms. The fraction of sp³-hybridized carbons (Fsp3) is 0.500. The Labute approximate surface area is 125 Å². The summed E-state index contributed by atoms with van der Waals surface area (Å²) in [5.41, 5.74) is 2.27. The molecule has 2 N–H and O–H groups in total. The minimum absolute atomic E-state index is 0.00922. The minimum atomic E-state index is -0.240. The van der Waals surface area contributed by atoms with E-state index in [2.05, 4.69) is 16.7 Å². The topological polar surface area (TPSA) is 61.4 Å². The Balaban J connectivity index is 2.06. The number of fused-ring (bicyclic) bond motifs is 1. The van der Waals surface area contributed by atoms with Crippen LogP contribution in [0.25, 0.3) is 0 Å². The number of nitrogens with zero attached hydrogens (tertiary/aromatic N) is 1. The first-order chi connectivity index (χ1) is 10.2. The van der Waals surface area contributed by atoms with Gasteiger partial charge in [-0.2, -0.15) is 0 Å². The Hall–Kier alpha value is -2.04. The molecular formula is C16H23N3O2. The summed E-state index contributed by atoms with van der Waals surface area (Å²) in [6.45, 7) is 2.74. The molecule has 1 aromatic rings. The first-order valence-corrected chi connectivity index (χ1v) is 7.49. The summed E-state index contributed by atoms with van der Waals surface area (Å²) in [4.78, 5) is 25.8. The van der Waals surface area contributed by atoms with E-state index in [4.69, 9.17) is 0 Å². The van der Waals surface area contributed by atoms with Crippen molar-refractivity contribution in [2.24, 2.45) is 0 Å². The van der Waals surface area contributed by atoms with E-state index in [9.17, 15) is 9.59 Å². The van der Waals surface area contributed by atoms with E-state index in [0.717, 1.165) is 24.9 Å². The molecule has 2 rings (SSSR count). The summed E-state index contributed by atoms with van der Waals surface area (Å²) in [6.07, 6.45) is 2.50. The number of amides is 2. The lowest BCUT2D eigenvalue weighted by molar-refractivity contribution is -0.136. The fourth-order valence-corrected chi connectivity index (χ4v) is 2.63. The SMILES string of the molecule is CCCN(CC(=O)NC)C(=O)C1CCc2ccccc2N1. The average Bonchev–Trinajstić information content (AvgIpc) is 2.53. The molecule has 0 aromatic heterocycles. The van der Waals surface area contributed by atoms with Gasteiger partial charge < -0.3 is 15.5 Å². The lowest BCUT2D eigenvalue weighted by Gasteiger charge is -2.31. The predicted octanol–water partition coefficient (Wildman–Crippen LogP) is 1.40. The molecule has 0 radical (unpaired) electrons. The molecule has 0 spiro atoms. The number of hydrogen-bond acceptors (Lipinski definition) is 3. The average molecular weight is 289 g/mol. The third kappa shape index (κ3) is 3.74. The van der Waals surface area contributed by atoms with Crippen molar-refractivity contribution in [3.8, 4) is 0 Å². The molecule has 5 nitrogen and oxygen atoms in total. The van der Waals surface area contributed by atoms with Crippen LogP contribution in [0.2, 0.25) is 0 Å². The predicted molar refractivity (Wildman–Crippen MR) is 83.1 cm³/mol. The first-order valence-electron chi connectivity index (χ1n) is 7.49. The second kappa shape index (κ2) is 7.11. The van der Waals surface area contributed by atoms with E-state index < -0.39 is 0 Å². The van der Waals surface area contributed by atoms with Crippen molar-refractivity contribution in [2.75, 3.05) is 25.5 Å². The molecule has 21 heavy (non-hydrogen) atoms. The Morgan fingerprint density at radius 2 is 2.14 bits per heavy atom. The van der Waals surface area contributed by atoms with Crippen LogP contribution in [-0.2, 0) is 16.0 Å². The summed E-state index contributed by atoms with van der Waals surface area (Å²) in [7, 11) is 1.59. The molecule has 1 aliphatic rings. The van der Waals surface area contributed by atoms with Crippen LogP contribution in [0.4, 0.5) is 5.69 Å². The maximum atomic E-state index is 12.6. The van der Waals surface area contributed by atoms with Crippen molar-refractivity contribution in [2.45, 2.75) is 32.2 Å². The largest absolute Gasteiger partial charge is 0.373 e. The number of carbonyl (C=O) groups is 2. The van der Waals surface area contributed by atoms with Gasteiger partial charge in [0.05, 0.1) is 6.54 Å². The summed E-state index contributed by atoms with van der Waals surface area (Å²) in [5.74, 6) is -0.122. The van der Waals surface area contributed by atoms with E-state index in [1.54, 1.807) is 11.9 Å². The van der Waals surface area contributed by atoms with Crippen molar-refractivity contribution < 1.29 is 9.59 Å². The van der Waals surface area contributed by atoms with Crippen LogP contribution < -0.4 is 10.6 Å². The van der Waals surface area contributed by atoms with Gasteiger partial charge in [0.25, 0.3) is 0 Å². The van der Waals surface area contributed by atoms with Gasteiger partial charge in [-0.15, -0.1) is 0 Å². The third-order valence-electron chi connectivity index (χ3n) is 3.77. The van der Waals surface area contributed by atoms with Crippen molar-refractivity contribution in [3.63, 3.8) is 0 Å². The molecule has 1 atom stereocenters. The fourth-order valence-electron chi connectivity index (χ4n) is 2.63. The Kier molecular flexibility index (Phi) is 5.20. The van der Waals surface area contributed by atoms with Crippen LogP contribution >= 0.6 is 0 Å². The van der Waals surface area contributed by atoms with Gasteiger partial charge in [0.15, 0.2) is 0 Å². The second-order valence-corrected chi connectivity index (χ2v) is 5.33. The molecule has 1 aliphatic heterocycles. The highest BCUT2D eigenvalue weighted by atomic mass is 16.2. The molecule has 1 unspecified atom stereocenters. The van der Waals surface area contributed by atoms with E-state index in [1.165, 1.54) is 5.56 Å². The first kappa shape index (κ1) is 15.4. The highest BCUT2D eigenvalue weighted by Crippen LogP contribution is 2.25. The number of anilines is 1. The van der Waals surface area contributed by atoms with Crippen molar-refractivity contribution >= 4 is 17.5 Å². The molecule has 1 heterocycles. The third-order valence-corrected chi connectivity index (χ3v) is 3.77. The lowest BCUT2D eigenvalue weighted by atomic mass is 9.97. The van der Waals surface area contributed by atoms with Gasteiger partial charge in [0, 0.05) is 19.3 Å². The van der Waals surface area contributed by atoms with Gasteiger partial charge in [-0.1, -0.05) is 25.1 Å². The van der Waals surface area contributed by atoms with E-state index in [1.807, 2.05) is 25.1 Å². The molecule has 114 valence electrons. The number of carbonyl (C=O) groups excluding carboxylic acids is 2. The normalized spacial score (nSPS) is 16.6. The van der Waals surface area contributed by atoms with Gasteiger partial charge in [0.2, 0.25) is 11.8 Å². The van der Waals surface area contributed by atoms with Crippen molar-refractivity contribution in [1.29, 1.82) is 0 Å². The number of hydrogen-bond donors (Lipinski definition) is 2. The summed E-state index contributed by atoms with van der Waals surface area (Å²) in [6, 6.07) is 7.82. The van der Waals surface area contributed by atoms with Crippen LogP contribution in [0, 0.1) is 0 Å². The molecule has 0 fully saturated rings. The highest BCUT2D eigenvalue weighted by molar-refractivity contribution is 5.89. The number of aryl methyl sites for hydroxylation is 1. The second-order valence-electron chi connectivity index (χ2n) is 5.33. The Morgan fingerprint density at radius 1 is 1.38 bits per heavy atom. The van der Waals surface area contributed by atoms with Gasteiger partial charge >= 0.3 is 0 Å². The minimum Gasteiger partial charge on any atom is -0.373 e. The zero-order chi connectivity index (χ0) is 15.2. The van der Waals surface area contributed by atoms with Crippen LogP contribution in [0.1, 0.15) is 25.3 Å². The highest BCUT2D eigenvalue weighted by Gasteiger charge is 2.28. The van der Waals surface area contributed by atoms with Gasteiger partial charge in [-0.3, -0.25) is 9.59 Å². The van der Waals surface area contributed by atoms with Gasteiger partial charge in [0.1, 0.15) is 6.04 Å². The zero-order valence-corrected chi connectivity index (χ0v) is 12.7. The number of likely N-dealkylation sites (N-methyl/N-ethyl adjacent to an activating group) is 1. The van der Waals surface area contributed by atoms with Crippen LogP contribution in [-0.4, -0.2) is 42.9 Å². The molecule has 1 aromatic carbocycles. The summed E-state index contributed by atoms with van der Waals surface area (Å²) >= 11 is 0. The van der Waals surface area contributed by atoms with Crippen LogP contribution in [0.3, 0.4) is 0 Å². The van der Waals surface area contributed by atoms with Crippen molar-refractivity contribution in [3.05, 3.63) is 29.8 Å². The molecule has 0 bridgehead atoms. The smallest absolute Gasteiger partial charge is 0.245 e. The molecular weight excluding hydrogens is 266 g/mol. The summed E-state index contributed by atoms with van der Waals surface area (Å²) in [5, 5.41) is 5.88. The van der Waals surface area contributed by atoms with Crippen molar-refractivity contribution in [1.82, 2.24) is 10.2 Å². The van der Waals surface area contributed by atoms with E-state index in [-0.39, 0.29) is 24.4 Å². The lowest BCUT2D eigenvalue weighted by Crippen LogP contribution is -2.48. The molecule has 0 aliphatic carbocycles. The number of para-hydroxylation sites is 1. The standard InChI is InChI=1S/C16H23N3O2/c1-3-10-19(11-15(20)17-2)16(21)14-9-8-12-6-4-5-7-13(12)18-14/h4-7,14,18H,3,8-11H2,1-2H3,(H,17,20). The maximum Gasteiger partial charge on any atom is 0.245 e. The monoisotopic (exact) mass is 289 g/mol. The number of nitrogens with one attached hydrogen (secondary N) is 2. The number of benzene rings is 1. The van der Waals surface area contributed by atoms with Gasteiger partial charge in [-0.25, -0.2) is 0 Å². The van der Waals surface area contributed by atoms with E-state index >= 15 is 0 Å². The maximum absolute atomic E-state index is 12.6. The van der Waals surface area contributed by atoms with E-state index in [0.29, 0.717) is 6.54 Å². The van der Waals surface area contributed by atoms with Crippen LogP contribution in [0.15, 0.2) is 24.3 Å². The quantitative estimate of drug-likeness (QED) is 0.861.